The zero-order chi connectivity index (χ0) is 19.7. The van der Waals surface area contributed by atoms with Gasteiger partial charge in [0.25, 0.3) is 0 Å². The van der Waals surface area contributed by atoms with Crippen LogP contribution in [0.2, 0.25) is 0 Å². The van der Waals surface area contributed by atoms with Crippen molar-refractivity contribution in [3.63, 3.8) is 0 Å². The van der Waals surface area contributed by atoms with Crippen LogP contribution in [-0.2, 0) is 4.87 Å². The van der Waals surface area contributed by atoms with Crippen molar-refractivity contribution in [2.75, 3.05) is 0 Å². The van der Waals surface area contributed by atoms with Gasteiger partial charge in [0, 0.05) is 4.90 Å². The smallest absolute Gasteiger partial charge is 0.142 e. The second kappa shape index (κ2) is 7.41. The number of aliphatic hydroxyl groups is 1. The van der Waals surface area contributed by atoms with Gasteiger partial charge in [-0.05, 0) is 50.6 Å². The first-order chi connectivity index (χ1) is 13.5. The molecule has 0 saturated heterocycles. The van der Waals surface area contributed by atoms with Crippen molar-refractivity contribution in [3.05, 3.63) is 89.5 Å². The third-order valence-electron chi connectivity index (χ3n) is 5.02. The molecular weight excluding hydrogens is 366 g/mol. The standard InChI is InChI=1S/C23H23N3OS/c1-16-8-12-18(13-9-16)22(27)23(3,28-19-14-10-17(2)11-15-19)26-21-7-5-4-6-20(21)24-25-26/h4-15,22,27H,1-3H3. The number of aryl methyl sites for hydroxylation is 2. The minimum Gasteiger partial charge on any atom is -0.385 e. The lowest BCUT2D eigenvalue weighted by Gasteiger charge is -2.34. The van der Waals surface area contributed by atoms with Crippen LogP contribution in [0.1, 0.15) is 29.7 Å². The van der Waals surface area contributed by atoms with E-state index in [4.69, 9.17) is 0 Å². The Bertz CT molecular complexity index is 1090. The molecule has 2 atom stereocenters. The van der Waals surface area contributed by atoms with E-state index in [9.17, 15) is 5.11 Å². The quantitative estimate of drug-likeness (QED) is 0.474. The van der Waals surface area contributed by atoms with Gasteiger partial charge in [-0.15, -0.1) is 5.10 Å². The van der Waals surface area contributed by atoms with Crippen molar-refractivity contribution in [2.45, 2.75) is 36.6 Å². The molecule has 1 N–H and O–H groups in total. The summed E-state index contributed by atoms with van der Waals surface area (Å²) in [5, 5.41) is 20.2. The van der Waals surface area contributed by atoms with Gasteiger partial charge in [0.15, 0.2) is 0 Å². The molecule has 4 nitrogen and oxygen atoms in total. The highest BCUT2D eigenvalue weighted by Gasteiger charge is 2.39. The number of nitrogens with zero attached hydrogens (tertiary/aromatic N) is 3. The minimum absolute atomic E-state index is 0.774. The Morgan fingerprint density at radius 2 is 1.50 bits per heavy atom. The second-order valence-corrected chi connectivity index (χ2v) is 8.77. The number of aliphatic hydroxyl groups excluding tert-OH is 1. The molecule has 1 heterocycles. The molecule has 1 aromatic heterocycles. The summed E-state index contributed by atoms with van der Waals surface area (Å²) in [5.74, 6) is 0. The predicted molar refractivity (Wildman–Crippen MR) is 114 cm³/mol. The maximum atomic E-state index is 11.5. The Labute approximate surface area is 169 Å². The molecule has 0 fully saturated rings. The first-order valence-corrected chi connectivity index (χ1v) is 10.1. The van der Waals surface area contributed by atoms with Crippen LogP contribution in [0, 0.1) is 13.8 Å². The summed E-state index contributed by atoms with van der Waals surface area (Å²) in [7, 11) is 0. The summed E-state index contributed by atoms with van der Waals surface area (Å²) >= 11 is 1.59. The van der Waals surface area contributed by atoms with Gasteiger partial charge in [0.1, 0.15) is 16.5 Å². The summed E-state index contributed by atoms with van der Waals surface area (Å²) in [6.07, 6.45) is -0.774. The lowest BCUT2D eigenvalue weighted by Crippen LogP contribution is -2.34. The number of hydrogen-bond donors (Lipinski definition) is 1. The number of thioether (sulfide) groups is 1. The monoisotopic (exact) mass is 389 g/mol. The fourth-order valence-corrected chi connectivity index (χ4v) is 4.53. The number of benzene rings is 3. The van der Waals surface area contributed by atoms with Crippen LogP contribution in [0.25, 0.3) is 11.0 Å². The molecule has 5 heteroatoms. The molecule has 0 aliphatic carbocycles. The topological polar surface area (TPSA) is 50.9 Å². The van der Waals surface area contributed by atoms with Gasteiger partial charge in [-0.25, -0.2) is 4.68 Å². The van der Waals surface area contributed by atoms with Crippen LogP contribution in [0.15, 0.2) is 77.7 Å². The fourth-order valence-electron chi connectivity index (χ4n) is 3.31. The second-order valence-electron chi connectivity index (χ2n) is 7.27. The van der Waals surface area contributed by atoms with E-state index in [1.165, 1.54) is 5.56 Å². The highest BCUT2D eigenvalue weighted by molar-refractivity contribution is 8.00. The third-order valence-corrected chi connectivity index (χ3v) is 6.34. The molecule has 0 aliphatic rings. The lowest BCUT2D eigenvalue weighted by atomic mass is 10.0. The molecule has 3 aromatic carbocycles. The summed E-state index contributed by atoms with van der Waals surface area (Å²) in [4.78, 5) is 0.291. The predicted octanol–water partition coefficient (Wildman–Crippen LogP) is 5.25. The van der Waals surface area contributed by atoms with Crippen molar-refractivity contribution >= 4 is 22.8 Å². The van der Waals surface area contributed by atoms with Crippen molar-refractivity contribution in [2.24, 2.45) is 0 Å². The van der Waals surface area contributed by atoms with Crippen LogP contribution in [0.3, 0.4) is 0 Å². The molecule has 2 unspecified atom stereocenters. The maximum absolute atomic E-state index is 11.5. The lowest BCUT2D eigenvalue weighted by molar-refractivity contribution is 0.0960. The van der Waals surface area contributed by atoms with E-state index in [1.807, 2.05) is 67.1 Å². The van der Waals surface area contributed by atoms with E-state index >= 15 is 0 Å². The van der Waals surface area contributed by atoms with Crippen molar-refractivity contribution in [1.82, 2.24) is 15.0 Å². The summed E-state index contributed by atoms with van der Waals surface area (Å²) < 4.78 is 1.84. The molecule has 0 spiro atoms. The van der Waals surface area contributed by atoms with Gasteiger partial charge in [0.05, 0.1) is 5.52 Å². The van der Waals surface area contributed by atoms with E-state index in [2.05, 4.69) is 41.5 Å². The highest BCUT2D eigenvalue weighted by Crippen LogP contribution is 2.46. The van der Waals surface area contributed by atoms with E-state index in [0.717, 1.165) is 27.1 Å². The average Bonchev–Trinajstić information content (AvgIpc) is 3.14. The normalized spacial score (nSPS) is 14.7. The van der Waals surface area contributed by atoms with Crippen molar-refractivity contribution < 1.29 is 5.11 Å². The van der Waals surface area contributed by atoms with E-state index in [1.54, 1.807) is 11.8 Å². The van der Waals surface area contributed by atoms with E-state index < -0.39 is 11.0 Å². The largest absolute Gasteiger partial charge is 0.385 e. The van der Waals surface area contributed by atoms with Crippen molar-refractivity contribution in [1.29, 1.82) is 0 Å². The molecule has 0 radical (unpaired) electrons. The van der Waals surface area contributed by atoms with Crippen LogP contribution in [0.5, 0.6) is 0 Å². The maximum Gasteiger partial charge on any atom is 0.142 e. The Kier molecular flexibility index (Phi) is 4.96. The van der Waals surface area contributed by atoms with Crippen LogP contribution < -0.4 is 0 Å². The van der Waals surface area contributed by atoms with Crippen molar-refractivity contribution in [3.8, 4) is 0 Å². The summed E-state index contributed by atoms with van der Waals surface area (Å²) in [6, 6.07) is 24.2. The highest BCUT2D eigenvalue weighted by atomic mass is 32.2. The number of aromatic nitrogens is 3. The molecule has 142 valence electrons. The van der Waals surface area contributed by atoms with Gasteiger partial charge in [-0.1, -0.05) is 76.6 Å². The van der Waals surface area contributed by atoms with Crippen LogP contribution >= 0.6 is 11.8 Å². The van der Waals surface area contributed by atoms with E-state index in [-0.39, 0.29) is 0 Å². The van der Waals surface area contributed by atoms with Gasteiger partial charge >= 0.3 is 0 Å². The Morgan fingerprint density at radius 1 is 0.893 bits per heavy atom. The van der Waals surface area contributed by atoms with Gasteiger partial charge in [-0.3, -0.25) is 0 Å². The number of fused-ring (bicyclic) bond motifs is 1. The summed E-state index contributed by atoms with van der Waals surface area (Å²) in [6.45, 7) is 6.13. The number of hydrogen-bond acceptors (Lipinski definition) is 4. The minimum atomic E-state index is -0.777. The molecule has 0 amide bonds. The van der Waals surface area contributed by atoms with Gasteiger partial charge < -0.3 is 5.11 Å². The Morgan fingerprint density at radius 3 is 2.18 bits per heavy atom. The van der Waals surface area contributed by atoms with Gasteiger partial charge in [-0.2, -0.15) is 0 Å². The zero-order valence-electron chi connectivity index (χ0n) is 16.2. The molecule has 4 aromatic rings. The first-order valence-electron chi connectivity index (χ1n) is 9.28. The SMILES string of the molecule is Cc1ccc(SC(C)(C(O)c2ccc(C)cc2)n2nnc3ccccc32)cc1. The summed E-state index contributed by atoms with van der Waals surface area (Å²) in [5.41, 5.74) is 4.93. The molecule has 28 heavy (non-hydrogen) atoms. The van der Waals surface area contributed by atoms with Gasteiger partial charge in [0.2, 0.25) is 0 Å². The molecule has 0 saturated carbocycles. The first kappa shape index (κ1) is 18.7. The molecule has 0 aliphatic heterocycles. The zero-order valence-corrected chi connectivity index (χ0v) is 17.0. The Balaban J connectivity index is 1.84. The molecule has 4 rings (SSSR count). The van der Waals surface area contributed by atoms with Crippen LogP contribution in [0.4, 0.5) is 0 Å². The average molecular weight is 390 g/mol. The third kappa shape index (κ3) is 3.43. The molecular formula is C23H23N3OS. The number of rotatable bonds is 5. The van der Waals surface area contributed by atoms with E-state index in [0.29, 0.717) is 0 Å². The molecule has 0 bridgehead atoms. The van der Waals surface area contributed by atoms with Crippen LogP contribution in [-0.4, -0.2) is 20.1 Å². The Hall–Kier alpha value is -2.63. The fraction of sp³-hybridized carbons (Fsp3) is 0.217. The number of para-hydroxylation sites is 1.